The van der Waals surface area contributed by atoms with Crippen LogP contribution in [0.5, 0.6) is 0 Å². The molecule has 2 aliphatic rings. The Labute approximate surface area is 142 Å². The van der Waals surface area contributed by atoms with E-state index >= 15 is 0 Å². The predicted octanol–water partition coefficient (Wildman–Crippen LogP) is 2.07. The smallest absolute Gasteiger partial charge is 0.315 e. The van der Waals surface area contributed by atoms with Gasteiger partial charge in [-0.2, -0.15) is 11.8 Å². The molecule has 0 aromatic carbocycles. The van der Waals surface area contributed by atoms with E-state index in [9.17, 15) is 9.59 Å². The van der Waals surface area contributed by atoms with Crippen LogP contribution < -0.4 is 10.6 Å². The summed E-state index contributed by atoms with van der Waals surface area (Å²) in [6.45, 7) is 6.67. The number of nitrogens with one attached hydrogen (secondary N) is 2. The maximum absolute atomic E-state index is 11.6. The first kappa shape index (κ1) is 18.4. The van der Waals surface area contributed by atoms with Crippen LogP contribution in [0.2, 0.25) is 0 Å². The van der Waals surface area contributed by atoms with Gasteiger partial charge >= 0.3 is 12.0 Å². The highest BCUT2D eigenvalue weighted by atomic mass is 32.2. The minimum absolute atomic E-state index is 0.0497. The molecule has 2 saturated heterocycles. The number of unbranched alkanes of at least 4 members (excludes halogenated alkanes) is 1. The van der Waals surface area contributed by atoms with Crippen LogP contribution in [0.1, 0.15) is 46.5 Å². The van der Waals surface area contributed by atoms with Crippen molar-refractivity contribution in [3.05, 3.63) is 0 Å². The average molecular weight is 344 g/mol. The van der Waals surface area contributed by atoms with Gasteiger partial charge in [0.05, 0.1) is 24.3 Å². The van der Waals surface area contributed by atoms with E-state index in [2.05, 4.69) is 10.6 Å². The third-order valence-corrected chi connectivity index (χ3v) is 5.45. The van der Waals surface area contributed by atoms with Crippen LogP contribution in [-0.2, 0) is 14.3 Å². The van der Waals surface area contributed by atoms with Crippen molar-refractivity contribution in [2.45, 2.75) is 69.4 Å². The molecule has 2 N–H and O–H groups in total. The summed E-state index contributed by atoms with van der Waals surface area (Å²) in [5.41, 5.74) is -0.201. The largest absolute Gasteiger partial charge is 0.463 e. The lowest BCUT2D eigenvalue weighted by Gasteiger charge is -2.19. The normalized spacial score (nSPS) is 26.6. The molecular formula is C16H28N2O4S. The van der Waals surface area contributed by atoms with Crippen molar-refractivity contribution in [3.8, 4) is 0 Å². The zero-order valence-electron chi connectivity index (χ0n) is 14.2. The average Bonchev–Trinajstić information content (AvgIpc) is 2.98. The first-order chi connectivity index (χ1) is 10.8. The van der Waals surface area contributed by atoms with E-state index in [-0.39, 0.29) is 29.7 Å². The van der Waals surface area contributed by atoms with Gasteiger partial charge < -0.3 is 20.1 Å². The minimum atomic E-state index is -0.201. The molecule has 2 fully saturated rings. The number of ether oxygens (including phenoxy) is 2. The molecule has 2 heterocycles. The number of urea groups is 1. The minimum Gasteiger partial charge on any atom is -0.463 e. The standard InChI is InChI=1S/C16H28N2O4S/c1-16(2,3)22-9-8-21-13(19)7-5-4-6-12-14-11(10-23-12)17-15(20)18-14/h11-12,14H,4-10H2,1-3H3,(H2,17,18,20). The summed E-state index contributed by atoms with van der Waals surface area (Å²) in [5, 5.41) is 6.38. The Morgan fingerprint density at radius 3 is 2.78 bits per heavy atom. The summed E-state index contributed by atoms with van der Waals surface area (Å²) >= 11 is 1.90. The molecule has 2 amide bonds. The Kier molecular flexibility index (Phi) is 6.59. The van der Waals surface area contributed by atoms with Gasteiger partial charge in [0.1, 0.15) is 6.61 Å². The van der Waals surface area contributed by atoms with Crippen molar-refractivity contribution < 1.29 is 19.1 Å². The van der Waals surface area contributed by atoms with Gasteiger partial charge in [-0.3, -0.25) is 4.79 Å². The Morgan fingerprint density at radius 1 is 1.26 bits per heavy atom. The number of hydrogen-bond donors (Lipinski definition) is 2. The molecule has 2 rings (SSSR count). The Morgan fingerprint density at radius 2 is 2.04 bits per heavy atom. The van der Waals surface area contributed by atoms with Crippen molar-refractivity contribution in [2.75, 3.05) is 19.0 Å². The molecule has 132 valence electrons. The van der Waals surface area contributed by atoms with Crippen LogP contribution in [-0.4, -0.2) is 53.9 Å². The van der Waals surface area contributed by atoms with Crippen LogP contribution in [0.25, 0.3) is 0 Å². The molecule has 0 saturated carbocycles. The van der Waals surface area contributed by atoms with Gasteiger partial charge in [-0.25, -0.2) is 4.79 Å². The van der Waals surface area contributed by atoms with Crippen molar-refractivity contribution >= 4 is 23.8 Å². The maximum atomic E-state index is 11.6. The number of fused-ring (bicyclic) bond motifs is 1. The quantitative estimate of drug-likeness (QED) is 0.400. The third-order valence-electron chi connectivity index (χ3n) is 3.94. The molecule has 0 aromatic rings. The summed E-state index contributed by atoms with van der Waals surface area (Å²) in [5.74, 6) is 0.819. The molecule has 2 aliphatic heterocycles. The second-order valence-corrected chi connectivity index (χ2v) is 8.32. The maximum Gasteiger partial charge on any atom is 0.315 e. The van der Waals surface area contributed by atoms with Crippen molar-refractivity contribution in [1.29, 1.82) is 0 Å². The lowest BCUT2D eigenvalue weighted by molar-refractivity contribution is -0.147. The van der Waals surface area contributed by atoms with Crippen LogP contribution in [0, 0.1) is 0 Å². The van der Waals surface area contributed by atoms with Gasteiger partial charge in [0, 0.05) is 17.4 Å². The number of hydrogen-bond acceptors (Lipinski definition) is 5. The third kappa shape index (κ3) is 6.22. The van der Waals surface area contributed by atoms with Crippen LogP contribution in [0.15, 0.2) is 0 Å². The topological polar surface area (TPSA) is 76.7 Å². The second-order valence-electron chi connectivity index (χ2n) is 7.05. The number of rotatable bonds is 8. The highest BCUT2D eigenvalue weighted by molar-refractivity contribution is 8.00. The van der Waals surface area contributed by atoms with E-state index < -0.39 is 0 Å². The summed E-state index contributed by atoms with van der Waals surface area (Å²) in [6.07, 6.45) is 3.28. The van der Waals surface area contributed by atoms with Crippen LogP contribution in [0.4, 0.5) is 4.79 Å². The number of amides is 2. The van der Waals surface area contributed by atoms with Gasteiger partial charge in [0.25, 0.3) is 0 Å². The molecule has 0 aromatic heterocycles. The van der Waals surface area contributed by atoms with Crippen molar-refractivity contribution in [3.63, 3.8) is 0 Å². The van der Waals surface area contributed by atoms with Gasteiger partial charge in [-0.1, -0.05) is 6.42 Å². The van der Waals surface area contributed by atoms with Gasteiger partial charge in [0.15, 0.2) is 0 Å². The van der Waals surface area contributed by atoms with Gasteiger partial charge in [-0.05, 0) is 33.6 Å². The van der Waals surface area contributed by atoms with E-state index in [4.69, 9.17) is 9.47 Å². The van der Waals surface area contributed by atoms with Crippen molar-refractivity contribution in [2.24, 2.45) is 0 Å². The predicted molar refractivity (Wildman–Crippen MR) is 90.6 cm³/mol. The molecule has 0 bridgehead atoms. The van der Waals surface area contributed by atoms with Crippen LogP contribution in [0.3, 0.4) is 0 Å². The summed E-state index contributed by atoms with van der Waals surface area (Å²) in [4.78, 5) is 22.9. The summed E-state index contributed by atoms with van der Waals surface area (Å²) < 4.78 is 10.7. The fourth-order valence-electron chi connectivity index (χ4n) is 2.83. The van der Waals surface area contributed by atoms with Crippen LogP contribution >= 0.6 is 11.8 Å². The second kappa shape index (κ2) is 8.24. The number of carbonyl (C=O) groups is 2. The number of carbonyl (C=O) groups excluding carboxylic acids is 2. The zero-order valence-corrected chi connectivity index (χ0v) is 15.0. The zero-order chi connectivity index (χ0) is 16.9. The van der Waals surface area contributed by atoms with Gasteiger partial charge in [0.2, 0.25) is 0 Å². The fraction of sp³-hybridized carbons (Fsp3) is 0.875. The molecule has 0 aliphatic carbocycles. The van der Waals surface area contributed by atoms with E-state index in [1.54, 1.807) is 0 Å². The number of thioether (sulfide) groups is 1. The molecule has 3 unspecified atom stereocenters. The fourth-order valence-corrected chi connectivity index (χ4v) is 4.38. The lowest BCUT2D eigenvalue weighted by atomic mass is 10.0. The van der Waals surface area contributed by atoms with E-state index in [0.717, 1.165) is 25.0 Å². The monoisotopic (exact) mass is 344 g/mol. The first-order valence-corrected chi connectivity index (χ1v) is 9.38. The molecule has 7 heteroatoms. The van der Waals surface area contributed by atoms with E-state index in [1.165, 1.54) is 0 Å². The molecule has 3 atom stereocenters. The van der Waals surface area contributed by atoms with E-state index in [0.29, 0.717) is 24.9 Å². The highest BCUT2D eigenvalue weighted by Gasteiger charge is 2.42. The van der Waals surface area contributed by atoms with E-state index in [1.807, 2.05) is 32.5 Å². The molecule has 23 heavy (non-hydrogen) atoms. The Hall–Kier alpha value is -0.950. The highest BCUT2D eigenvalue weighted by Crippen LogP contribution is 2.33. The SMILES string of the molecule is CC(C)(C)OCCOC(=O)CCCCC1SCC2NC(=O)NC21. The Balaban J connectivity index is 1.50. The molecule has 0 radical (unpaired) electrons. The first-order valence-electron chi connectivity index (χ1n) is 8.33. The van der Waals surface area contributed by atoms with Crippen molar-refractivity contribution in [1.82, 2.24) is 10.6 Å². The Bertz CT molecular complexity index is 425. The number of esters is 1. The molecule has 6 nitrogen and oxygen atoms in total. The summed E-state index contributed by atoms with van der Waals surface area (Å²) in [7, 11) is 0. The molecular weight excluding hydrogens is 316 g/mol. The lowest BCUT2D eigenvalue weighted by Crippen LogP contribution is -2.36. The summed E-state index contributed by atoms with van der Waals surface area (Å²) in [6, 6.07) is 0.464. The molecule has 0 spiro atoms. The van der Waals surface area contributed by atoms with Gasteiger partial charge in [-0.15, -0.1) is 0 Å².